The van der Waals surface area contributed by atoms with E-state index in [1.807, 2.05) is 0 Å². The van der Waals surface area contributed by atoms with Gasteiger partial charge in [-0.25, -0.2) is 0 Å². The average Bonchev–Trinajstić information content (AvgIpc) is 2.66. The van der Waals surface area contributed by atoms with Crippen molar-refractivity contribution < 1.29 is 14.4 Å². The largest absolute Gasteiger partial charge is 0.504 e. The Hall–Kier alpha value is -2.04. The summed E-state index contributed by atoms with van der Waals surface area (Å²) in [5.74, 6) is 0.248. The van der Waals surface area contributed by atoms with E-state index < -0.39 is 5.43 Å². The third-order valence-electron chi connectivity index (χ3n) is 2.97. The number of rotatable bonds is 0. The second-order valence-corrected chi connectivity index (χ2v) is 4.14. The minimum absolute atomic E-state index is 0.284. The molecule has 1 aliphatic rings. The third kappa shape index (κ3) is 1.39. The number of aromatic nitrogens is 1. The van der Waals surface area contributed by atoms with Crippen LogP contribution in [0, 0.1) is 6.92 Å². The highest BCUT2D eigenvalue weighted by Crippen LogP contribution is 2.33. The second-order valence-electron chi connectivity index (χ2n) is 4.14. The maximum Gasteiger partial charge on any atom is 0.233 e. The van der Waals surface area contributed by atoms with Crippen molar-refractivity contribution in [2.75, 3.05) is 6.61 Å². The van der Waals surface area contributed by atoms with E-state index in [1.165, 1.54) is 6.07 Å². The van der Waals surface area contributed by atoms with Crippen LogP contribution in [-0.4, -0.2) is 16.9 Å². The van der Waals surface area contributed by atoms with E-state index in [9.17, 15) is 9.90 Å². The minimum atomic E-state index is -0.461. The van der Waals surface area contributed by atoms with Gasteiger partial charge in [-0.05, 0) is 25.8 Å². The molecule has 0 aliphatic carbocycles. The highest BCUT2D eigenvalue weighted by Gasteiger charge is 2.21. The van der Waals surface area contributed by atoms with Gasteiger partial charge < -0.3 is 14.4 Å². The zero-order valence-corrected chi connectivity index (χ0v) is 9.32. The van der Waals surface area contributed by atoms with Gasteiger partial charge in [-0.3, -0.25) is 4.79 Å². The topological polar surface area (TPSA) is 72.6 Å². The number of nitrogens with zero attached hydrogens (tertiary/aromatic N) is 1. The van der Waals surface area contributed by atoms with Gasteiger partial charge in [0.05, 0.1) is 17.7 Å². The summed E-state index contributed by atoms with van der Waals surface area (Å²) >= 11 is 0. The van der Waals surface area contributed by atoms with Crippen LogP contribution in [0.25, 0.3) is 11.0 Å². The van der Waals surface area contributed by atoms with Gasteiger partial charge in [0.25, 0.3) is 0 Å². The molecule has 5 nitrogen and oxygen atoms in total. The van der Waals surface area contributed by atoms with E-state index in [-0.39, 0.29) is 5.75 Å². The Morgan fingerprint density at radius 1 is 1.47 bits per heavy atom. The van der Waals surface area contributed by atoms with Crippen molar-refractivity contribution in [2.45, 2.75) is 19.8 Å². The van der Waals surface area contributed by atoms with Gasteiger partial charge in [0, 0.05) is 5.56 Å². The van der Waals surface area contributed by atoms with Crippen LogP contribution in [0.4, 0.5) is 0 Å². The molecule has 2 aromatic rings. The predicted molar refractivity (Wildman–Crippen MR) is 60.5 cm³/mol. The lowest BCUT2D eigenvalue weighted by molar-refractivity contribution is 0.284. The number of hydrogen-bond donors (Lipinski definition) is 1. The summed E-state index contributed by atoms with van der Waals surface area (Å²) in [6.07, 6.45) is 1.62. The summed E-state index contributed by atoms with van der Waals surface area (Å²) in [6.45, 7) is 2.25. The number of aromatic hydroxyl groups is 1. The molecule has 1 aliphatic heterocycles. The maximum atomic E-state index is 12.0. The van der Waals surface area contributed by atoms with Crippen LogP contribution in [0.15, 0.2) is 15.4 Å². The standard InChI is InChI=1S/C12H11NO4/c1-6-9-10(15)8(14)5-7-3-2-4-16-11(7)12(9)17-13-6/h5H,2-4H2,1H3,(H,14,15). The summed E-state index contributed by atoms with van der Waals surface area (Å²) in [7, 11) is 0. The normalized spacial score (nSPS) is 14.4. The first-order valence-electron chi connectivity index (χ1n) is 5.46. The van der Waals surface area contributed by atoms with Crippen LogP contribution in [-0.2, 0) is 6.42 Å². The van der Waals surface area contributed by atoms with Gasteiger partial charge in [0.15, 0.2) is 11.5 Å². The molecule has 1 aromatic heterocycles. The van der Waals surface area contributed by atoms with Crippen LogP contribution in [0.1, 0.15) is 17.7 Å². The van der Waals surface area contributed by atoms with E-state index in [2.05, 4.69) is 5.16 Å². The van der Waals surface area contributed by atoms with Crippen LogP contribution >= 0.6 is 0 Å². The molecule has 0 spiro atoms. The fourth-order valence-electron chi connectivity index (χ4n) is 2.14. The van der Waals surface area contributed by atoms with Crippen LogP contribution < -0.4 is 10.2 Å². The molecule has 3 rings (SSSR count). The van der Waals surface area contributed by atoms with Crippen molar-refractivity contribution in [1.29, 1.82) is 0 Å². The molecule has 0 saturated heterocycles. The van der Waals surface area contributed by atoms with E-state index in [4.69, 9.17) is 9.26 Å². The van der Waals surface area contributed by atoms with Gasteiger partial charge in [-0.1, -0.05) is 5.16 Å². The van der Waals surface area contributed by atoms with Gasteiger partial charge in [0.2, 0.25) is 11.0 Å². The van der Waals surface area contributed by atoms with Crippen molar-refractivity contribution >= 4 is 11.0 Å². The van der Waals surface area contributed by atoms with Crippen molar-refractivity contribution in [3.8, 4) is 11.5 Å². The summed E-state index contributed by atoms with van der Waals surface area (Å²) in [6, 6.07) is 1.46. The summed E-state index contributed by atoms with van der Waals surface area (Å²) in [5, 5.41) is 13.8. The maximum absolute atomic E-state index is 12.0. The summed E-state index contributed by atoms with van der Waals surface area (Å²) in [5.41, 5.74) is 1.13. The fraction of sp³-hybridized carbons (Fsp3) is 0.333. The Labute approximate surface area is 96.6 Å². The Morgan fingerprint density at radius 2 is 2.29 bits per heavy atom. The minimum Gasteiger partial charge on any atom is -0.504 e. The molecule has 2 heterocycles. The molecule has 88 valence electrons. The Morgan fingerprint density at radius 3 is 3.12 bits per heavy atom. The molecule has 1 N–H and O–H groups in total. The average molecular weight is 233 g/mol. The lowest BCUT2D eigenvalue weighted by Crippen LogP contribution is -2.07. The molecule has 1 aromatic carbocycles. The van der Waals surface area contributed by atoms with Crippen LogP contribution in [0.2, 0.25) is 0 Å². The Bertz CT molecular complexity index is 660. The highest BCUT2D eigenvalue weighted by atomic mass is 16.5. The monoisotopic (exact) mass is 233 g/mol. The quantitative estimate of drug-likeness (QED) is 0.747. The fourth-order valence-corrected chi connectivity index (χ4v) is 2.14. The lowest BCUT2D eigenvalue weighted by atomic mass is 10.1. The third-order valence-corrected chi connectivity index (χ3v) is 2.97. The van der Waals surface area contributed by atoms with Crippen LogP contribution in [0.3, 0.4) is 0 Å². The first-order chi connectivity index (χ1) is 8.18. The molecule has 5 heteroatoms. The first kappa shape index (κ1) is 10.1. The van der Waals surface area contributed by atoms with Gasteiger partial charge in [-0.2, -0.15) is 0 Å². The molecule has 0 saturated carbocycles. The Balaban J connectivity index is 2.55. The molecule has 17 heavy (non-hydrogen) atoms. The summed E-state index contributed by atoms with van der Waals surface area (Å²) in [4.78, 5) is 12.0. The molecule has 0 fully saturated rings. The molecular weight excluding hydrogens is 222 g/mol. The SMILES string of the molecule is Cc1noc2c3c(cc(O)c(=O)c12)CCCO3. The molecule has 0 radical (unpaired) electrons. The lowest BCUT2D eigenvalue weighted by Gasteiger charge is -2.14. The number of fused-ring (bicyclic) bond motifs is 3. The zero-order chi connectivity index (χ0) is 12.0. The van der Waals surface area contributed by atoms with E-state index >= 15 is 0 Å². The first-order valence-corrected chi connectivity index (χ1v) is 5.46. The molecule has 0 bridgehead atoms. The van der Waals surface area contributed by atoms with E-state index in [0.717, 1.165) is 18.4 Å². The van der Waals surface area contributed by atoms with E-state index in [0.29, 0.717) is 29.0 Å². The molecule has 0 atom stereocenters. The number of hydrogen-bond acceptors (Lipinski definition) is 5. The van der Waals surface area contributed by atoms with Crippen molar-refractivity contribution in [3.63, 3.8) is 0 Å². The predicted octanol–water partition coefficient (Wildman–Crippen LogP) is 1.53. The van der Waals surface area contributed by atoms with Crippen LogP contribution in [0.5, 0.6) is 11.5 Å². The number of ether oxygens (including phenoxy) is 1. The molecular formula is C12H11NO4. The number of aryl methyl sites for hydroxylation is 2. The van der Waals surface area contributed by atoms with Gasteiger partial charge in [0.1, 0.15) is 0 Å². The second kappa shape index (κ2) is 3.48. The van der Waals surface area contributed by atoms with Crippen molar-refractivity contribution in [1.82, 2.24) is 5.16 Å². The highest BCUT2D eigenvalue weighted by molar-refractivity contribution is 5.86. The molecule has 0 unspecified atom stereocenters. The Kier molecular flexibility index (Phi) is 2.07. The van der Waals surface area contributed by atoms with E-state index in [1.54, 1.807) is 6.92 Å². The van der Waals surface area contributed by atoms with Gasteiger partial charge >= 0.3 is 0 Å². The van der Waals surface area contributed by atoms with Crippen molar-refractivity contribution in [3.05, 3.63) is 27.5 Å². The molecule has 0 amide bonds. The smallest absolute Gasteiger partial charge is 0.233 e. The zero-order valence-electron chi connectivity index (χ0n) is 9.32. The van der Waals surface area contributed by atoms with Crippen molar-refractivity contribution in [2.24, 2.45) is 0 Å². The van der Waals surface area contributed by atoms with Gasteiger partial charge in [-0.15, -0.1) is 0 Å². The summed E-state index contributed by atoms with van der Waals surface area (Å²) < 4.78 is 10.7.